The third-order valence-corrected chi connectivity index (χ3v) is 9.32. The van der Waals surface area contributed by atoms with Gasteiger partial charge in [-0.1, -0.05) is 0 Å². The molecule has 0 spiro atoms. The van der Waals surface area contributed by atoms with Gasteiger partial charge in [-0.05, 0) is 0 Å². The van der Waals surface area contributed by atoms with Crippen LogP contribution in [0.1, 0.15) is 32.6 Å². The molecular weight excluding hydrogens is 366 g/mol. The maximum atomic E-state index is 2.52. The predicted octanol–water partition coefficient (Wildman–Crippen LogP) is -1.11. The maximum Gasteiger partial charge on any atom is -1.00 e. The summed E-state index contributed by atoms with van der Waals surface area (Å²) in [5, 5.41) is 0. The Morgan fingerprint density at radius 3 is 2.65 bits per heavy atom. The molecule has 0 N–H and O–H groups in total. The van der Waals surface area contributed by atoms with Crippen LogP contribution in [0.25, 0.3) is 0 Å². The van der Waals surface area contributed by atoms with Crippen LogP contribution in [0.4, 0.5) is 0 Å². The van der Waals surface area contributed by atoms with Crippen molar-refractivity contribution in [3.05, 3.63) is 45.8 Å². The van der Waals surface area contributed by atoms with Gasteiger partial charge in [-0.15, -0.1) is 0 Å². The SMILES string of the molecule is CCCC1CC2C=CC=CC2[CH]1[Zr+2][C]1=CC=CC1.[Cl-].[Cl-]. The van der Waals surface area contributed by atoms with Crippen molar-refractivity contribution in [1.29, 1.82) is 0 Å². The van der Waals surface area contributed by atoms with E-state index in [1.807, 2.05) is 3.28 Å². The summed E-state index contributed by atoms with van der Waals surface area (Å²) in [7, 11) is 0. The molecule has 0 amide bonds. The molecule has 0 radical (unpaired) electrons. The molecule has 0 aromatic rings. The molecule has 0 aliphatic heterocycles. The van der Waals surface area contributed by atoms with Gasteiger partial charge in [-0.2, -0.15) is 0 Å². The van der Waals surface area contributed by atoms with Gasteiger partial charge in [0.15, 0.2) is 0 Å². The van der Waals surface area contributed by atoms with E-state index in [0.717, 1.165) is 21.4 Å². The molecular formula is C17H22Cl2Zr. The predicted molar refractivity (Wildman–Crippen MR) is 73.9 cm³/mol. The first-order chi connectivity index (χ1) is 8.88. The molecule has 4 unspecified atom stereocenters. The first kappa shape index (κ1) is 18.5. The summed E-state index contributed by atoms with van der Waals surface area (Å²) in [6.07, 6.45) is 22.2. The Balaban J connectivity index is 0.000001000. The van der Waals surface area contributed by atoms with Crippen molar-refractivity contribution in [1.82, 2.24) is 0 Å². The number of hydrogen-bond donors (Lipinski definition) is 0. The maximum absolute atomic E-state index is 2.52. The smallest absolute Gasteiger partial charge is 1.00 e. The van der Waals surface area contributed by atoms with Gasteiger partial charge < -0.3 is 24.8 Å². The van der Waals surface area contributed by atoms with E-state index in [-0.39, 0.29) is 48.0 Å². The third kappa shape index (κ3) is 3.99. The molecule has 3 rings (SSSR count). The van der Waals surface area contributed by atoms with Crippen molar-refractivity contribution in [2.45, 2.75) is 36.2 Å². The molecule has 20 heavy (non-hydrogen) atoms. The topological polar surface area (TPSA) is 0 Å². The number of allylic oxidation sites excluding steroid dienone is 8. The van der Waals surface area contributed by atoms with Crippen LogP contribution in [-0.2, 0) is 23.2 Å². The average molecular weight is 388 g/mol. The Kier molecular flexibility index (Phi) is 8.10. The zero-order chi connectivity index (χ0) is 12.4. The quantitative estimate of drug-likeness (QED) is 0.573. The van der Waals surface area contributed by atoms with E-state index in [2.05, 4.69) is 49.5 Å². The van der Waals surface area contributed by atoms with Crippen LogP contribution in [0, 0.1) is 17.8 Å². The van der Waals surface area contributed by atoms with Crippen LogP contribution in [0.3, 0.4) is 0 Å². The molecule has 1 saturated carbocycles. The van der Waals surface area contributed by atoms with Gasteiger partial charge in [-0.25, -0.2) is 0 Å². The normalized spacial score (nSPS) is 33.0. The summed E-state index contributed by atoms with van der Waals surface area (Å²) in [5.41, 5.74) is 0. The number of rotatable bonds is 4. The fourth-order valence-electron chi connectivity index (χ4n) is 3.75. The summed E-state index contributed by atoms with van der Waals surface area (Å²) in [6, 6.07) is 0. The van der Waals surface area contributed by atoms with E-state index in [0.29, 0.717) is 0 Å². The molecule has 3 aliphatic carbocycles. The van der Waals surface area contributed by atoms with Crippen molar-refractivity contribution in [2.75, 3.05) is 0 Å². The monoisotopic (exact) mass is 386 g/mol. The van der Waals surface area contributed by atoms with Crippen molar-refractivity contribution in [2.24, 2.45) is 17.8 Å². The summed E-state index contributed by atoms with van der Waals surface area (Å²) in [4.78, 5) is 0. The van der Waals surface area contributed by atoms with Gasteiger partial charge in [0.25, 0.3) is 0 Å². The van der Waals surface area contributed by atoms with E-state index >= 15 is 0 Å². The zero-order valence-corrected chi connectivity index (χ0v) is 15.9. The van der Waals surface area contributed by atoms with Gasteiger partial charge in [0.2, 0.25) is 0 Å². The van der Waals surface area contributed by atoms with Crippen LogP contribution >= 0.6 is 0 Å². The van der Waals surface area contributed by atoms with Crippen LogP contribution in [0.15, 0.2) is 45.8 Å². The van der Waals surface area contributed by atoms with E-state index < -0.39 is 0 Å². The molecule has 0 aromatic carbocycles. The minimum atomic E-state index is -0.366. The van der Waals surface area contributed by atoms with Crippen molar-refractivity contribution < 1.29 is 48.0 Å². The molecule has 0 bridgehead atoms. The Morgan fingerprint density at radius 1 is 1.15 bits per heavy atom. The second kappa shape index (κ2) is 8.77. The first-order valence-electron chi connectivity index (χ1n) is 7.35. The van der Waals surface area contributed by atoms with Crippen LogP contribution in [-0.4, -0.2) is 0 Å². The molecule has 0 saturated heterocycles. The molecule has 0 nitrogen and oxygen atoms in total. The largest absolute Gasteiger partial charge is 1.00 e. The fourth-order valence-corrected chi connectivity index (χ4v) is 8.54. The van der Waals surface area contributed by atoms with E-state index in [1.54, 1.807) is 0 Å². The van der Waals surface area contributed by atoms with Crippen LogP contribution < -0.4 is 24.8 Å². The molecule has 108 valence electrons. The summed E-state index contributed by atoms with van der Waals surface area (Å²) in [6.45, 7) is 2.35. The van der Waals surface area contributed by atoms with Gasteiger partial charge >= 0.3 is 123 Å². The van der Waals surface area contributed by atoms with Gasteiger partial charge in [0.1, 0.15) is 0 Å². The van der Waals surface area contributed by atoms with Gasteiger partial charge in [0.05, 0.1) is 0 Å². The minimum Gasteiger partial charge on any atom is -1.00 e. The molecule has 3 aliphatic rings. The summed E-state index contributed by atoms with van der Waals surface area (Å²) >= 11 is -0.366. The number of hydrogen-bond acceptors (Lipinski definition) is 0. The fraction of sp³-hybridized carbons (Fsp3) is 0.529. The van der Waals surface area contributed by atoms with Crippen molar-refractivity contribution >= 4 is 0 Å². The second-order valence-corrected chi connectivity index (χ2v) is 9.72. The molecule has 1 fully saturated rings. The van der Waals surface area contributed by atoms with E-state index in [9.17, 15) is 0 Å². The number of fused-ring (bicyclic) bond motifs is 1. The zero-order valence-electron chi connectivity index (χ0n) is 11.9. The van der Waals surface area contributed by atoms with E-state index in [1.165, 1.54) is 25.7 Å². The van der Waals surface area contributed by atoms with Crippen molar-refractivity contribution in [3.63, 3.8) is 0 Å². The molecule has 4 atom stereocenters. The van der Waals surface area contributed by atoms with Crippen LogP contribution in [0.2, 0.25) is 3.63 Å². The van der Waals surface area contributed by atoms with Gasteiger partial charge in [-0.3, -0.25) is 0 Å². The summed E-state index contributed by atoms with van der Waals surface area (Å²) < 4.78 is 2.89. The second-order valence-electron chi connectivity index (χ2n) is 5.79. The Hall–Kier alpha value is 0.423. The van der Waals surface area contributed by atoms with Crippen molar-refractivity contribution in [3.8, 4) is 0 Å². The first-order valence-corrected chi connectivity index (χ1v) is 10.0. The Morgan fingerprint density at radius 2 is 1.95 bits per heavy atom. The standard InChI is InChI=1S/C12H17.C5H5.2ClH.Zr/c1-2-5-10-8-11-6-3-4-7-12(11)9-10;1-2-4-5-3-1;;;/h3-4,6-8,10-12H,2,5,9H2,1H3;1-3H,4H2;2*1H;/q;;;;+2/p-2. The Labute approximate surface area is 147 Å². The van der Waals surface area contributed by atoms with Crippen LogP contribution in [0.5, 0.6) is 0 Å². The van der Waals surface area contributed by atoms with Gasteiger partial charge in [0, 0.05) is 0 Å². The number of halogens is 2. The Bertz CT molecular complexity index is 423. The molecule has 0 heterocycles. The van der Waals surface area contributed by atoms with E-state index in [4.69, 9.17) is 0 Å². The minimum absolute atomic E-state index is 0. The summed E-state index contributed by atoms with van der Waals surface area (Å²) in [5.74, 6) is 2.78. The molecule has 0 aromatic heterocycles. The molecule has 3 heteroatoms. The third-order valence-electron chi connectivity index (χ3n) is 4.58. The average Bonchev–Trinajstić information content (AvgIpc) is 3.00.